The number of non-ortho nitro benzene ring substituents is 1. The highest BCUT2D eigenvalue weighted by molar-refractivity contribution is 5.93. The Morgan fingerprint density at radius 3 is 2.19 bits per heavy atom. The number of hydrogen-bond acceptors (Lipinski definition) is 5. The lowest BCUT2D eigenvalue weighted by Gasteiger charge is -2.56. The molecule has 6 aliphatic rings. The van der Waals surface area contributed by atoms with E-state index in [-0.39, 0.29) is 41.3 Å². The summed E-state index contributed by atoms with van der Waals surface area (Å²) in [6, 6.07) is 5.21. The molecule has 2 aliphatic heterocycles. The first-order chi connectivity index (χ1) is 17.2. The molecule has 2 saturated heterocycles. The minimum atomic E-state index is -0.433. The summed E-state index contributed by atoms with van der Waals surface area (Å²) in [5, 5.41) is 20.6. The molecule has 0 radical (unpaired) electrons. The molecular weight excluding hydrogens is 458 g/mol. The average molecular weight is 496 g/mol. The number of urea groups is 1. The predicted octanol–water partition coefficient (Wildman–Crippen LogP) is 4.11. The number of aryl methyl sites for hydroxylation is 1. The van der Waals surface area contributed by atoms with Gasteiger partial charge in [-0.2, -0.15) is 0 Å². The van der Waals surface area contributed by atoms with Crippen molar-refractivity contribution in [2.45, 2.75) is 94.8 Å². The molecule has 7 rings (SSSR count). The fourth-order valence-corrected chi connectivity index (χ4v) is 8.63. The summed E-state index contributed by atoms with van der Waals surface area (Å²) < 4.78 is 0. The summed E-state index contributed by atoms with van der Waals surface area (Å²) in [6.07, 6.45) is 11.4. The van der Waals surface area contributed by atoms with Crippen LogP contribution in [0.1, 0.15) is 69.8 Å². The Labute approximate surface area is 211 Å². The molecule has 1 aromatic carbocycles. The minimum Gasteiger partial charge on any atom is -0.335 e. The summed E-state index contributed by atoms with van der Waals surface area (Å²) in [6.45, 7) is 2.07. The van der Waals surface area contributed by atoms with Crippen molar-refractivity contribution in [2.24, 2.45) is 17.8 Å². The van der Waals surface area contributed by atoms with Crippen molar-refractivity contribution in [1.82, 2.24) is 15.5 Å². The number of carbonyl (C=O) groups is 2. The Balaban J connectivity index is 1.01. The van der Waals surface area contributed by atoms with Gasteiger partial charge in [0.25, 0.3) is 5.69 Å². The van der Waals surface area contributed by atoms with Gasteiger partial charge in [0.15, 0.2) is 0 Å². The number of carbonyl (C=O) groups excluding carboxylic acids is 2. The van der Waals surface area contributed by atoms with Crippen LogP contribution >= 0.6 is 0 Å². The number of anilines is 1. The topological polar surface area (TPSA) is 117 Å². The van der Waals surface area contributed by atoms with Gasteiger partial charge in [0.1, 0.15) is 0 Å². The smallest absolute Gasteiger partial charge is 0.315 e. The van der Waals surface area contributed by atoms with E-state index in [1.165, 1.54) is 31.4 Å². The quantitative estimate of drug-likeness (QED) is 0.406. The highest BCUT2D eigenvalue weighted by Gasteiger charge is 2.52. The van der Waals surface area contributed by atoms with Gasteiger partial charge in [0.05, 0.1) is 11.5 Å². The van der Waals surface area contributed by atoms with Crippen LogP contribution in [0.25, 0.3) is 0 Å². The second-order valence-electron chi connectivity index (χ2n) is 12.3. The molecule has 6 fully saturated rings. The summed E-state index contributed by atoms with van der Waals surface area (Å²) in [5.41, 5.74) is 1.32. The largest absolute Gasteiger partial charge is 0.335 e. The van der Waals surface area contributed by atoms with E-state index in [1.54, 1.807) is 13.0 Å². The van der Waals surface area contributed by atoms with E-state index < -0.39 is 4.92 Å². The fraction of sp³-hybridized carbons (Fsp3) is 0.704. The van der Waals surface area contributed by atoms with Crippen molar-refractivity contribution in [1.29, 1.82) is 0 Å². The van der Waals surface area contributed by atoms with E-state index in [9.17, 15) is 19.7 Å². The van der Waals surface area contributed by atoms with Gasteiger partial charge >= 0.3 is 6.03 Å². The van der Waals surface area contributed by atoms with Crippen molar-refractivity contribution in [3.05, 3.63) is 33.9 Å². The molecule has 2 heterocycles. The Hall–Kier alpha value is -2.68. The van der Waals surface area contributed by atoms with Crippen LogP contribution in [0.15, 0.2) is 18.2 Å². The molecule has 3 amide bonds. The summed E-state index contributed by atoms with van der Waals surface area (Å²) in [5.74, 6) is 2.31. The van der Waals surface area contributed by atoms with E-state index >= 15 is 0 Å². The minimum absolute atomic E-state index is 0.00110. The van der Waals surface area contributed by atoms with Gasteiger partial charge in [-0.05, 0) is 101 Å². The zero-order chi connectivity index (χ0) is 25.0. The third kappa shape index (κ3) is 4.58. The van der Waals surface area contributed by atoms with Crippen LogP contribution in [0.5, 0.6) is 0 Å². The maximum Gasteiger partial charge on any atom is 0.315 e. The van der Waals surface area contributed by atoms with Gasteiger partial charge < -0.3 is 16.0 Å². The molecule has 1 aromatic rings. The molecule has 9 heteroatoms. The van der Waals surface area contributed by atoms with Gasteiger partial charge in [-0.15, -0.1) is 0 Å². The van der Waals surface area contributed by atoms with Crippen molar-refractivity contribution >= 4 is 23.3 Å². The standard InChI is InChI=1S/C27H37N5O4/c1-16-6-23(32(35)36)4-5-24(16)29-25(33)15-31-21-2-3-22(31)11-20(10-21)28-26(34)30-27-12-17-7-18(13-27)9-19(8-17)14-27/h4-6,17-22H,2-3,7-15H2,1H3,(H,29,33)(H2,28,30,34)/t17?,18?,19?,21-,22-,27?/m1/s1. The highest BCUT2D eigenvalue weighted by Crippen LogP contribution is 2.55. The molecule has 2 atom stereocenters. The van der Waals surface area contributed by atoms with E-state index in [0.717, 1.165) is 62.7 Å². The maximum atomic E-state index is 13.0. The highest BCUT2D eigenvalue weighted by atomic mass is 16.6. The Morgan fingerprint density at radius 2 is 1.64 bits per heavy atom. The van der Waals surface area contributed by atoms with Crippen molar-refractivity contribution in [3.8, 4) is 0 Å². The van der Waals surface area contributed by atoms with Crippen LogP contribution in [-0.2, 0) is 4.79 Å². The number of rotatable bonds is 6. The van der Waals surface area contributed by atoms with Crippen LogP contribution in [-0.4, -0.2) is 52.0 Å². The van der Waals surface area contributed by atoms with Crippen molar-refractivity contribution in [2.75, 3.05) is 11.9 Å². The summed E-state index contributed by atoms with van der Waals surface area (Å²) in [4.78, 5) is 38.7. The Kier molecular flexibility index (Phi) is 5.93. The first-order valence-corrected chi connectivity index (χ1v) is 13.6. The normalized spacial score (nSPS) is 36.5. The number of amides is 3. The first-order valence-electron chi connectivity index (χ1n) is 13.6. The molecule has 3 N–H and O–H groups in total. The van der Waals surface area contributed by atoms with Crippen LogP contribution in [0.3, 0.4) is 0 Å². The molecule has 0 spiro atoms. The third-order valence-corrected chi connectivity index (χ3v) is 9.66. The average Bonchev–Trinajstić information content (AvgIpc) is 3.01. The number of nitro benzene ring substituents is 1. The number of nitrogens with zero attached hydrogens (tertiary/aromatic N) is 2. The number of fused-ring (bicyclic) bond motifs is 2. The predicted molar refractivity (Wildman–Crippen MR) is 136 cm³/mol. The van der Waals surface area contributed by atoms with Crippen molar-refractivity contribution < 1.29 is 14.5 Å². The lowest BCUT2D eigenvalue weighted by Crippen LogP contribution is -2.63. The molecule has 194 valence electrons. The second-order valence-corrected chi connectivity index (χ2v) is 12.3. The lowest BCUT2D eigenvalue weighted by molar-refractivity contribution is -0.384. The monoisotopic (exact) mass is 495 g/mol. The molecule has 0 aromatic heterocycles. The van der Waals surface area contributed by atoms with Gasteiger partial charge in [-0.25, -0.2) is 4.79 Å². The number of nitrogens with one attached hydrogen (secondary N) is 3. The van der Waals surface area contributed by atoms with Crippen LogP contribution < -0.4 is 16.0 Å². The molecule has 4 saturated carbocycles. The second kappa shape index (κ2) is 9.01. The zero-order valence-corrected chi connectivity index (χ0v) is 21.0. The summed E-state index contributed by atoms with van der Waals surface area (Å²) >= 11 is 0. The maximum absolute atomic E-state index is 13.0. The Morgan fingerprint density at radius 1 is 1.03 bits per heavy atom. The third-order valence-electron chi connectivity index (χ3n) is 9.66. The molecule has 6 bridgehead atoms. The molecule has 0 unspecified atom stereocenters. The zero-order valence-electron chi connectivity index (χ0n) is 21.0. The van der Waals surface area contributed by atoms with E-state index in [1.807, 2.05) is 0 Å². The molecule has 36 heavy (non-hydrogen) atoms. The van der Waals surface area contributed by atoms with E-state index in [0.29, 0.717) is 17.8 Å². The molecule has 4 aliphatic carbocycles. The van der Waals surface area contributed by atoms with E-state index in [2.05, 4.69) is 20.9 Å². The molecule has 9 nitrogen and oxygen atoms in total. The fourth-order valence-electron chi connectivity index (χ4n) is 8.63. The van der Waals surface area contributed by atoms with Crippen LogP contribution in [0.2, 0.25) is 0 Å². The van der Waals surface area contributed by atoms with Gasteiger partial charge in [0.2, 0.25) is 5.91 Å². The van der Waals surface area contributed by atoms with Gasteiger partial charge in [-0.1, -0.05) is 0 Å². The van der Waals surface area contributed by atoms with Crippen molar-refractivity contribution in [3.63, 3.8) is 0 Å². The van der Waals surface area contributed by atoms with Gasteiger partial charge in [-0.3, -0.25) is 19.8 Å². The number of nitro groups is 1. The number of hydrogen-bond donors (Lipinski definition) is 3. The van der Waals surface area contributed by atoms with Crippen LogP contribution in [0, 0.1) is 34.8 Å². The first kappa shape index (κ1) is 23.7. The van der Waals surface area contributed by atoms with Crippen LogP contribution in [0.4, 0.5) is 16.2 Å². The van der Waals surface area contributed by atoms with E-state index in [4.69, 9.17) is 0 Å². The number of benzene rings is 1. The van der Waals surface area contributed by atoms with Gasteiger partial charge in [0, 0.05) is 41.5 Å². The number of piperidine rings is 1. The Bertz CT molecular complexity index is 1020. The SMILES string of the molecule is Cc1cc([N+](=O)[O-])ccc1NC(=O)CN1[C@@H]2CC[C@@H]1CC(NC(=O)NC13CC4CC(CC(C4)C1)C3)C2. The summed E-state index contributed by atoms with van der Waals surface area (Å²) in [7, 11) is 0. The molecular formula is C27H37N5O4. The lowest BCUT2D eigenvalue weighted by atomic mass is 9.53.